The van der Waals surface area contributed by atoms with Crippen molar-refractivity contribution in [1.29, 1.82) is 0 Å². The van der Waals surface area contributed by atoms with Gasteiger partial charge in [0.1, 0.15) is 11.5 Å². The number of methoxy groups -OCH3 is 2. The molecular weight excluding hydrogens is 226 g/mol. The van der Waals surface area contributed by atoms with E-state index in [1.165, 1.54) is 0 Å². The lowest BCUT2D eigenvalue weighted by Gasteiger charge is -2.04. The molecule has 0 saturated heterocycles. The highest BCUT2D eigenvalue weighted by atomic mass is 16.5. The molecule has 0 aliphatic rings. The van der Waals surface area contributed by atoms with Crippen LogP contribution in [0.4, 0.5) is 0 Å². The van der Waals surface area contributed by atoms with Gasteiger partial charge in [0, 0.05) is 5.56 Å². The summed E-state index contributed by atoms with van der Waals surface area (Å²) >= 11 is 0. The molecule has 1 aromatic carbocycles. The second-order valence-corrected chi connectivity index (χ2v) is 3.31. The number of rotatable bonds is 3. The first-order chi connectivity index (χ1) is 8.83. The molecule has 0 saturated carbocycles. The van der Waals surface area contributed by atoms with Gasteiger partial charge in [-0.05, 0) is 36.4 Å². The van der Waals surface area contributed by atoms with Crippen LogP contribution in [-0.4, -0.2) is 19.2 Å². The highest BCUT2D eigenvalue weighted by molar-refractivity contribution is 5.60. The Morgan fingerprint density at radius 2 is 1.33 bits per heavy atom. The number of hydrogen-bond donors (Lipinski definition) is 0. The van der Waals surface area contributed by atoms with Crippen LogP contribution in [0, 0.1) is 0 Å². The molecule has 96 valence electrons. The van der Waals surface area contributed by atoms with Crippen LogP contribution in [-0.2, 0) is 0 Å². The average molecular weight is 245 g/mol. The van der Waals surface area contributed by atoms with Crippen LogP contribution in [0.5, 0.6) is 11.5 Å². The van der Waals surface area contributed by atoms with E-state index >= 15 is 0 Å². The zero-order chi connectivity index (χ0) is 13.4. The number of nitrogens with zero attached hydrogens (tertiary/aromatic N) is 1. The Labute approximate surface area is 108 Å². The van der Waals surface area contributed by atoms with E-state index in [2.05, 4.69) is 4.98 Å². The fraction of sp³-hybridized carbons (Fsp3) is 0.267. The molecule has 0 unspecified atom stereocenters. The van der Waals surface area contributed by atoms with Crippen molar-refractivity contribution in [3.63, 3.8) is 0 Å². The van der Waals surface area contributed by atoms with Crippen LogP contribution < -0.4 is 9.47 Å². The third kappa shape index (κ3) is 3.48. The maximum absolute atomic E-state index is 5.10. The maximum Gasteiger partial charge on any atom is 0.137 e. The van der Waals surface area contributed by atoms with Gasteiger partial charge in [0.2, 0.25) is 0 Å². The standard InChI is InChI=1S/C13H13NO2.C2H6/c1-15-11-5-3-10(4-6-11)13-8-7-12(16-2)9-14-13;1-2/h3-9H,1-2H3;1-2H3. The molecule has 2 aromatic rings. The Morgan fingerprint density at radius 1 is 0.778 bits per heavy atom. The van der Waals surface area contributed by atoms with Crippen LogP contribution in [0.3, 0.4) is 0 Å². The summed E-state index contributed by atoms with van der Waals surface area (Å²) in [7, 11) is 3.28. The maximum atomic E-state index is 5.10. The molecule has 2 rings (SSSR count). The van der Waals surface area contributed by atoms with Gasteiger partial charge in [-0.3, -0.25) is 4.98 Å². The van der Waals surface area contributed by atoms with Gasteiger partial charge in [0.15, 0.2) is 0 Å². The lowest BCUT2D eigenvalue weighted by atomic mass is 10.1. The van der Waals surface area contributed by atoms with Crippen LogP contribution in [0.25, 0.3) is 11.3 Å². The van der Waals surface area contributed by atoms with Gasteiger partial charge in [0.05, 0.1) is 26.1 Å². The van der Waals surface area contributed by atoms with Gasteiger partial charge in [-0.15, -0.1) is 0 Å². The Balaban J connectivity index is 0.000000771. The largest absolute Gasteiger partial charge is 0.497 e. The molecule has 18 heavy (non-hydrogen) atoms. The monoisotopic (exact) mass is 245 g/mol. The highest BCUT2D eigenvalue weighted by Gasteiger charge is 2.00. The molecule has 3 heteroatoms. The highest BCUT2D eigenvalue weighted by Crippen LogP contribution is 2.21. The Hall–Kier alpha value is -2.03. The molecule has 0 fully saturated rings. The first-order valence-electron chi connectivity index (χ1n) is 5.98. The summed E-state index contributed by atoms with van der Waals surface area (Å²) in [6.45, 7) is 4.00. The average Bonchev–Trinajstić information content (AvgIpc) is 2.49. The first-order valence-corrected chi connectivity index (χ1v) is 5.98. The van der Waals surface area contributed by atoms with E-state index in [-0.39, 0.29) is 0 Å². The molecule has 0 aliphatic carbocycles. The fourth-order valence-electron chi connectivity index (χ4n) is 1.43. The molecule has 0 N–H and O–H groups in total. The van der Waals surface area contributed by atoms with Crippen molar-refractivity contribution in [3.8, 4) is 22.8 Å². The lowest BCUT2D eigenvalue weighted by molar-refractivity contribution is 0.413. The molecular formula is C15H19NO2. The van der Waals surface area contributed by atoms with Crippen molar-refractivity contribution >= 4 is 0 Å². The summed E-state index contributed by atoms with van der Waals surface area (Å²) in [4.78, 5) is 4.31. The molecule has 0 aliphatic heterocycles. The number of benzene rings is 1. The minimum Gasteiger partial charge on any atom is -0.497 e. The minimum absolute atomic E-state index is 0.761. The van der Waals surface area contributed by atoms with E-state index in [0.29, 0.717) is 0 Å². The Bertz CT molecular complexity index is 403. The second-order valence-electron chi connectivity index (χ2n) is 3.31. The predicted molar refractivity (Wildman–Crippen MR) is 74.1 cm³/mol. The summed E-state index contributed by atoms with van der Waals surface area (Å²) in [6.07, 6.45) is 1.71. The summed E-state index contributed by atoms with van der Waals surface area (Å²) in [5.41, 5.74) is 1.98. The van der Waals surface area contributed by atoms with Crippen molar-refractivity contribution in [2.75, 3.05) is 14.2 Å². The fourth-order valence-corrected chi connectivity index (χ4v) is 1.43. The summed E-state index contributed by atoms with van der Waals surface area (Å²) < 4.78 is 10.2. The minimum atomic E-state index is 0.761. The summed E-state index contributed by atoms with van der Waals surface area (Å²) in [5, 5.41) is 0. The Morgan fingerprint density at radius 3 is 1.78 bits per heavy atom. The second kappa shape index (κ2) is 7.33. The van der Waals surface area contributed by atoms with Crippen molar-refractivity contribution in [3.05, 3.63) is 42.6 Å². The van der Waals surface area contributed by atoms with Crippen molar-refractivity contribution in [1.82, 2.24) is 4.98 Å². The SMILES string of the molecule is CC.COc1ccc(-c2ccc(OC)cn2)cc1. The van der Waals surface area contributed by atoms with Crippen molar-refractivity contribution < 1.29 is 9.47 Å². The van der Waals surface area contributed by atoms with Gasteiger partial charge >= 0.3 is 0 Å². The van der Waals surface area contributed by atoms with E-state index in [1.54, 1.807) is 20.4 Å². The van der Waals surface area contributed by atoms with E-state index in [9.17, 15) is 0 Å². The zero-order valence-electron chi connectivity index (χ0n) is 11.3. The summed E-state index contributed by atoms with van der Waals surface area (Å²) in [6, 6.07) is 11.6. The topological polar surface area (TPSA) is 31.4 Å². The van der Waals surface area contributed by atoms with Gasteiger partial charge < -0.3 is 9.47 Å². The van der Waals surface area contributed by atoms with Crippen LogP contribution in [0.15, 0.2) is 42.6 Å². The van der Waals surface area contributed by atoms with Crippen LogP contribution in [0.1, 0.15) is 13.8 Å². The number of pyridine rings is 1. The Kier molecular flexibility index (Phi) is 5.71. The quantitative estimate of drug-likeness (QED) is 0.824. The van der Waals surface area contributed by atoms with E-state index in [4.69, 9.17) is 9.47 Å². The number of ether oxygens (including phenoxy) is 2. The van der Waals surface area contributed by atoms with Crippen molar-refractivity contribution in [2.45, 2.75) is 13.8 Å². The number of hydrogen-bond acceptors (Lipinski definition) is 3. The van der Waals surface area contributed by atoms with Crippen LogP contribution in [0.2, 0.25) is 0 Å². The smallest absolute Gasteiger partial charge is 0.137 e. The number of aromatic nitrogens is 1. The third-order valence-corrected chi connectivity index (χ3v) is 2.36. The first kappa shape index (κ1) is 14.0. The molecule has 3 nitrogen and oxygen atoms in total. The van der Waals surface area contributed by atoms with Gasteiger partial charge in [-0.25, -0.2) is 0 Å². The van der Waals surface area contributed by atoms with Crippen LogP contribution >= 0.6 is 0 Å². The van der Waals surface area contributed by atoms with E-state index < -0.39 is 0 Å². The lowest BCUT2D eigenvalue weighted by Crippen LogP contribution is -1.87. The van der Waals surface area contributed by atoms with E-state index in [1.807, 2.05) is 50.2 Å². The molecule has 0 radical (unpaired) electrons. The normalized spacial score (nSPS) is 9.11. The van der Waals surface area contributed by atoms with E-state index in [0.717, 1.165) is 22.8 Å². The third-order valence-electron chi connectivity index (χ3n) is 2.36. The van der Waals surface area contributed by atoms with Crippen molar-refractivity contribution in [2.24, 2.45) is 0 Å². The summed E-state index contributed by atoms with van der Waals surface area (Å²) in [5.74, 6) is 1.61. The molecule has 0 atom stereocenters. The van der Waals surface area contributed by atoms with Gasteiger partial charge in [-0.1, -0.05) is 13.8 Å². The van der Waals surface area contributed by atoms with Gasteiger partial charge in [-0.2, -0.15) is 0 Å². The molecule has 0 amide bonds. The van der Waals surface area contributed by atoms with Gasteiger partial charge in [0.25, 0.3) is 0 Å². The molecule has 0 spiro atoms. The molecule has 0 bridgehead atoms. The molecule has 1 heterocycles. The zero-order valence-corrected chi connectivity index (χ0v) is 11.3. The molecule has 1 aromatic heterocycles. The predicted octanol–water partition coefficient (Wildman–Crippen LogP) is 3.79.